The Bertz CT molecular complexity index is 322. The molecule has 2 N–H and O–H groups in total. The van der Waals surface area contributed by atoms with Crippen molar-refractivity contribution in [3.63, 3.8) is 0 Å². The van der Waals surface area contributed by atoms with Crippen molar-refractivity contribution in [3.05, 3.63) is 29.3 Å². The summed E-state index contributed by atoms with van der Waals surface area (Å²) in [4.78, 5) is 0. The van der Waals surface area contributed by atoms with E-state index in [0.717, 1.165) is 6.07 Å². The number of halogens is 3. The van der Waals surface area contributed by atoms with Crippen LogP contribution in [0.2, 0.25) is 0 Å². The summed E-state index contributed by atoms with van der Waals surface area (Å²) in [6.45, 7) is 0.0209. The molecule has 0 aliphatic carbocycles. The van der Waals surface area contributed by atoms with Gasteiger partial charge in [0.1, 0.15) is 5.75 Å². The zero-order valence-electron chi connectivity index (χ0n) is 7.56. The summed E-state index contributed by atoms with van der Waals surface area (Å²) in [6.07, 6.45) is -4.41. The van der Waals surface area contributed by atoms with E-state index in [2.05, 4.69) is 0 Å². The number of para-hydroxylation sites is 1. The van der Waals surface area contributed by atoms with E-state index in [0.29, 0.717) is 5.56 Å². The predicted octanol–water partition coefficient (Wildman–Crippen LogP) is 2.17. The molecule has 0 amide bonds. The van der Waals surface area contributed by atoms with Gasteiger partial charge in [-0.25, -0.2) is 0 Å². The zero-order valence-corrected chi connectivity index (χ0v) is 7.56. The van der Waals surface area contributed by atoms with Gasteiger partial charge in [-0.15, -0.1) is 0 Å². The Morgan fingerprint density at radius 2 is 2.00 bits per heavy atom. The quantitative estimate of drug-likeness (QED) is 0.803. The fourth-order valence-corrected chi connectivity index (χ4v) is 1.21. The summed E-state index contributed by atoms with van der Waals surface area (Å²) in [5.41, 5.74) is 4.85. The molecule has 1 aromatic rings. The largest absolute Gasteiger partial charge is 0.496 e. The molecule has 0 saturated heterocycles. The molecule has 0 atom stereocenters. The smallest absolute Gasteiger partial charge is 0.419 e. The lowest BCUT2D eigenvalue weighted by molar-refractivity contribution is -0.138. The van der Waals surface area contributed by atoms with Gasteiger partial charge in [0.15, 0.2) is 0 Å². The van der Waals surface area contributed by atoms with Gasteiger partial charge in [-0.3, -0.25) is 0 Å². The van der Waals surface area contributed by atoms with Crippen LogP contribution in [0.25, 0.3) is 0 Å². The van der Waals surface area contributed by atoms with Crippen LogP contribution in [0.5, 0.6) is 5.75 Å². The molecule has 0 saturated carbocycles. The monoisotopic (exact) mass is 205 g/mol. The average Bonchev–Trinajstić information content (AvgIpc) is 2.15. The molecular weight excluding hydrogens is 195 g/mol. The molecule has 0 aromatic heterocycles. The lowest BCUT2D eigenvalue weighted by Crippen LogP contribution is -2.10. The van der Waals surface area contributed by atoms with Gasteiger partial charge in [0.25, 0.3) is 0 Å². The van der Waals surface area contributed by atoms with E-state index in [1.165, 1.54) is 19.2 Å². The maximum absolute atomic E-state index is 12.4. The number of nitrogens with two attached hydrogens (primary N) is 1. The van der Waals surface area contributed by atoms with Gasteiger partial charge in [-0.05, 0) is 6.07 Å². The maximum Gasteiger partial charge on any atom is 0.419 e. The third kappa shape index (κ3) is 1.98. The van der Waals surface area contributed by atoms with Gasteiger partial charge >= 0.3 is 6.18 Å². The summed E-state index contributed by atoms with van der Waals surface area (Å²) in [5, 5.41) is 0. The van der Waals surface area contributed by atoms with Gasteiger partial charge < -0.3 is 10.5 Å². The van der Waals surface area contributed by atoms with Gasteiger partial charge in [0, 0.05) is 12.1 Å². The van der Waals surface area contributed by atoms with Crippen LogP contribution in [-0.4, -0.2) is 7.11 Å². The Morgan fingerprint density at radius 1 is 1.36 bits per heavy atom. The number of hydrogen-bond acceptors (Lipinski definition) is 2. The van der Waals surface area contributed by atoms with Crippen LogP contribution in [0.3, 0.4) is 0 Å². The topological polar surface area (TPSA) is 35.2 Å². The SMILES string of the molecule is COc1c(CN)cccc1C(F)(F)F. The fraction of sp³-hybridized carbons (Fsp3) is 0.333. The molecule has 0 spiro atoms. The highest BCUT2D eigenvalue weighted by Gasteiger charge is 2.34. The molecular formula is C9H10F3NO. The second kappa shape index (κ2) is 3.88. The first kappa shape index (κ1) is 10.8. The molecule has 0 bridgehead atoms. The van der Waals surface area contributed by atoms with Crippen LogP contribution >= 0.6 is 0 Å². The van der Waals surface area contributed by atoms with Crippen LogP contribution in [0.4, 0.5) is 13.2 Å². The molecule has 1 rings (SSSR count). The average molecular weight is 205 g/mol. The summed E-state index contributed by atoms with van der Waals surface area (Å²) < 4.78 is 42.0. The molecule has 78 valence electrons. The summed E-state index contributed by atoms with van der Waals surface area (Å²) >= 11 is 0. The van der Waals surface area contributed by atoms with Gasteiger partial charge in [-0.2, -0.15) is 13.2 Å². The maximum atomic E-state index is 12.4. The molecule has 14 heavy (non-hydrogen) atoms. The van der Waals surface area contributed by atoms with E-state index in [1.54, 1.807) is 0 Å². The Kier molecular flexibility index (Phi) is 3.00. The van der Waals surface area contributed by atoms with Crippen LogP contribution in [0, 0.1) is 0 Å². The van der Waals surface area contributed by atoms with Crippen LogP contribution in [0.1, 0.15) is 11.1 Å². The second-order valence-corrected chi connectivity index (χ2v) is 2.70. The van der Waals surface area contributed by atoms with Crippen molar-refractivity contribution in [3.8, 4) is 5.75 Å². The standard InChI is InChI=1S/C9H10F3NO/c1-14-8-6(5-13)3-2-4-7(8)9(10,11)12/h2-4H,5,13H2,1H3. The van der Waals surface area contributed by atoms with E-state index in [-0.39, 0.29) is 12.3 Å². The van der Waals surface area contributed by atoms with E-state index in [9.17, 15) is 13.2 Å². The van der Waals surface area contributed by atoms with Crippen LogP contribution in [0.15, 0.2) is 18.2 Å². The minimum atomic E-state index is -4.41. The first-order chi connectivity index (χ1) is 6.50. The van der Waals surface area contributed by atoms with Gasteiger partial charge in [0.2, 0.25) is 0 Å². The molecule has 1 aromatic carbocycles. The molecule has 5 heteroatoms. The molecule has 0 aliphatic heterocycles. The van der Waals surface area contributed by atoms with Crippen molar-refractivity contribution in [1.29, 1.82) is 0 Å². The number of rotatable bonds is 2. The third-order valence-electron chi connectivity index (χ3n) is 1.83. The number of ether oxygens (including phenoxy) is 1. The highest BCUT2D eigenvalue weighted by molar-refractivity contribution is 5.43. The summed E-state index contributed by atoms with van der Waals surface area (Å²) in [7, 11) is 1.20. The zero-order chi connectivity index (χ0) is 10.8. The van der Waals surface area contributed by atoms with Crippen molar-refractivity contribution in [1.82, 2.24) is 0 Å². The minimum absolute atomic E-state index is 0.0209. The molecule has 2 nitrogen and oxygen atoms in total. The van der Waals surface area contributed by atoms with Crippen molar-refractivity contribution in [2.24, 2.45) is 5.73 Å². The molecule has 0 unspecified atom stereocenters. The highest BCUT2D eigenvalue weighted by atomic mass is 19.4. The summed E-state index contributed by atoms with van der Waals surface area (Å²) in [5.74, 6) is -0.192. The van der Waals surface area contributed by atoms with E-state index < -0.39 is 11.7 Å². The Balaban J connectivity index is 3.29. The van der Waals surface area contributed by atoms with Gasteiger partial charge in [-0.1, -0.05) is 12.1 Å². The van der Waals surface area contributed by atoms with Crippen LogP contribution < -0.4 is 10.5 Å². The first-order valence-electron chi connectivity index (χ1n) is 3.94. The Morgan fingerprint density at radius 3 is 2.43 bits per heavy atom. The highest BCUT2D eigenvalue weighted by Crippen LogP contribution is 2.37. The molecule has 0 heterocycles. The van der Waals surface area contributed by atoms with Crippen molar-refractivity contribution in [2.45, 2.75) is 12.7 Å². The summed E-state index contributed by atoms with van der Waals surface area (Å²) in [6, 6.07) is 3.79. The number of benzene rings is 1. The Hall–Kier alpha value is -1.23. The van der Waals surface area contributed by atoms with Crippen molar-refractivity contribution in [2.75, 3.05) is 7.11 Å². The lowest BCUT2D eigenvalue weighted by atomic mass is 10.1. The Labute approximate surface area is 79.5 Å². The molecule has 0 radical (unpaired) electrons. The second-order valence-electron chi connectivity index (χ2n) is 2.70. The predicted molar refractivity (Wildman–Crippen MR) is 45.9 cm³/mol. The van der Waals surface area contributed by atoms with Crippen molar-refractivity contribution < 1.29 is 17.9 Å². The number of alkyl halides is 3. The number of methoxy groups -OCH3 is 1. The van der Waals surface area contributed by atoms with Crippen molar-refractivity contribution >= 4 is 0 Å². The van der Waals surface area contributed by atoms with Gasteiger partial charge in [0.05, 0.1) is 12.7 Å². The third-order valence-corrected chi connectivity index (χ3v) is 1.83. The fourth-order valence-electron chi connectivity index (χ4n) is 1.21. The molecule has 0 fully saturated rings. The lowest BCUT2D eigenvalue weighted by Gasteiger charge is -2.14. The van der Waals surface area contributed by atoms with Crippen LogP contribution in [-0.2, 0) is 12.7 Å². The first-order valence-corrected chi connectivity index (χ1v) is 3.94. The molecule has 0 aliphatic rings. The van der Waals surface area contributed by atoms with E-state index >= 15 is 0 Å². The van der Waals surface area contributed by atoms with E-state index in [1.807, 2.05) is 0 Å². The van der Waals surface area contributed by atoms with E-state index in [4.69, 9.17) is 10.5 Å². The number of hydrogen-bond donors (Lipinski definition) is 1. The normalized spacial score (nSPS) is 11.5. The minimum Gasteiger partial charge on any atom is -0.496 e.